The second kappa shape index (κ2) is 5.72. The van der Waals surface area contributed by atoms with Gasteiger partial charge in [-0.05, 0) is 54.2 Å². The molecule has 1 saturated heterocycles. The van der Waals surface area contributed by atoms with Crippen LogP contribution in [0, 0.1) is 5.92 Å². The summed E-state index contributed by atoms with van der Waals surface area (Å²) in [4.78, 5) is 2.60. The third kappa shape index (κ3) is 2.63. The number of hydrogen-bond donors (Lipinski definition) is 0. The minimum atomic E-state index is 0.889. The molecule has 18 heavy (non-hydrogen) atoms. The summed E-state index contributed by atoms with van der Waals surface area (Å²) in [5.74, 6) is 0.889. The number of halogens is 1. The average Bonchev–Trinajstić information content (AvgIpc) is 2.83. The van der Waals surface area contributed by atoms with Crippen molar-refractivity contribution in [1.82, 2.24) is 4.90 Å². The van der Waals surface area contributed by atoms with Gasteiger partial charge in [-0.3, -0.25) is 4.90 Å². The molecule has 0 atom stereocenters. The fraction of sp³-hybridized carbons (Fsp3) is 0.467. The summed E-state index contributed by atoms with van der Waals surface area (Å²) >= 11 is 5.48. The fourth-order valence-electron chi connectivity index (χ4n) is 2.69. The smallest absolute Gasteiger partial charge is 0.0346 e. The Hall–Kier alpha value is -0.380. The van der Waals surface area contributed by atoms with Gasteiger partial charge in [0.15, 0.2) is 0 Å². The van der Waals surface area contributed by atoms with Crippen molar-refractivity contribution in [2.24, 2.45) is 5.92 Å². The van der Waals surface area contributed by atoms with E-state index in [4.69, 9.17) is 0 Å². The van der Waals surface area contributed by atoms with Gasteiger partial charge in [0.05, 0.1) is 0 Å². The van der Waals surface area contributed by atoms with E-state index in [0.717, 1.165) is 12.5 Å². The largest absolute Gasteiger partial charge is 0.299 e. The minimum Gasteiger partial charge on any atom is -0.299 e. The molecule has 1 aliphatic rings. The zero-order valence-corrected chi connectivity index (χ0v) is 12.8. The number of benzene rings is 1. The van der Waals surface area contributed by atoms with Crippen molar-refractivity contribution in [3.8, 4) is 0 Å². The predicted molar refractivity (Wildman–Crippen MR) is 83.6 cm³/mol. The van der Waals surface area contributed by atoms with Gasteiger partial charge in [0, 0.05) is 16.6 Å². The van der Waals surface area contributed by atoms with Gasteiger partial charge in [-0.25, -0.2) is 0 Å². The molecule has 1 aliphatic heterocycles. The Bertz CT molecular complexity index is 514. The lowest BCUT2D eigenvalue weighted by Gasteiger charge is -2.30. The highest BCUT2D eigenvalue weighted by atomic mass is 79.9. The molecule has 96 valence electrons. The molecule has 0 radical (unpaired) electrons. The van der Waals surface area contributed by atoms with Gasteiger partial charge >= 0.3 is 0 Å². The van der Waals surface area contributed by atoms with Crippen molar-refractivity contribution in [2.75, 3.05) is 18.4 Å². The number of thiophene rings is 1. The Labute approximate surface area is 121 Å². The molecule has 0 N–H and O–H groups in total. The molecule has 0 amide bonds. The molecule has 0 aliphatic carbocycles. The number of nitrogens with zero attached hydrogens (tertiary/aromatic N) is 1. The van der Waals surface area contributed by atoms with Crippen LogP contribution in [0.1, 0.15) is 18.4 Å². The van der Waals surface area contributed by atoms with Crippen LogP contribution >= 0.6 is 27.3 Å². The van der Waals surface area contributed by atoms with E-state index in [1.54, 1.807) is 0 Å². The van der Waals surface area contributed by atoms with E-state index >= 15 is 0 Å². The highest BCUT2D eigenvalue weighted by Gasteiger charge is 2.18. The SMILES string of the molecule is BrCC1CCN(Cc2csc3ccccc23)CC1. The first kappa shape index (κ1) is 12.6. The van der Waals surface area contributed by atoms with Crippen molar-refractivity contribution >= 4 is 37.4 Å². The van der Waals surface area contributed by atoms with Crippen LogP contribution in [0.4, 0.5) is 0 Å². The Morgan fingerprint density at radius 1 is 1.22 bits per heavy atom. The van der Waals surface area contributed by atoms with E-state index in [-0.39, 0.29) is 0 Å². The third-order valence-corrected chi connectivity index (χ3v) is 5.81. The summed E-state index contributed by atoms with van der Waals surface area (Å²) in [6, 6.07) is 8.76. The summed E-state index contributed by atoms with van der Waals surface area (Å²) in [5, 5.41) is 4.95. The zero-order chi connectivity index (χ0) is 12.4. The Kier molecular flexibility index (Phi) is 4.02. The first-order chi connectivity index (χ1) is 8.86. The molecule has 1 aromatic heterocycles. The van der Waals surface area contributed by atoms with Gasteiger partial charge in [-0.15, -0.1) is 11.3 Å². The first-order valence-electron chi connectivity index (χ1n) is 6.60. The number of hydrogen-bond acceptors (Lipinski definition) is 2. The number of rotatable bonds is 3. The van der Waals surface area contributed by atoms with E-state index in [1.807, 2.05) is 11.3 Å². The average molecular weight is 324 g/mol. The minimum absolute atomic E-state index is 0.889. The first-order valence-corrected chi connectivity index (χ1v) is 8.60. The van der Waals surface area contributed by atoms with Crippen molar-refractivity contribution in [3.63, 3.8) is 0 Å². The summed E-state index contributed by atoms with van der Waals surface area (Å²) in [6.07, 6.45) is 2.68. The molecule has 0 spiro atoms. The van der Waals surface area contributed by atoms with Gasteiger partial charge < -0.3 is 0 Å². The molecule has 0 saturated carbocycles. The van der Waals surface area contributed by atoms with E-state index in [0.29, 0.717) is 0 Å². The molecular formula is C15H18BrNS. The highest BCUT2D eigenvalue weighted by Crippen LogP contribution is 2.28. The maximum Gasteiger partial charge on any atom is 0.0346 e. The lowest BCUT2D eigenvalue weighted by Crippen LogP contribution is -2.33. The fourth-order valence-corrected chi connectivity index (χ4v) is 4.30. The third-order valence-electron chi connectivity index (χ3n) is 3.88. The van der Waals surface area contributed by atoms with Gasteiger partial charge in [0.2, 0.25) is 0 Å². The van der Waals surface area contributed by atoms with Crippen molar-refractivity contribution in [2.45, 2.75) is 19.4 Å². The molecule has 1 nitrogen and oxygen atoms in total. The Morgan fingerprint density at radius 3 is 2.78 bits per heavy atom. The van der Waals surface area contributed by atoms with Gasteiger partial charge in [-0.1, -0.05) is 34.1 Å². The predicted octanol–water partition coefficient (Wildman–Crippen LogP) is 4.51. The van der Waals surface area contributed by atoms with Crippen LogP contribution in [0.3, 0.4) is 0 Å². The number of piperidine rings is 1. The maximum absolute atomic E-state index is 3.61. The van der Waals surface area contributed by atoms with Gasteiger partial charge in [0.25, 0.3) is 0 Å². The van der Waals surface area contributed by atoms with E-state index in [9.17, 15) is 0 Å². The molecule has 2 heterocycles. The van der Waals surface area contributed by atoms with E-state index in [2.05, 4.69) is 50.5 Å². The Morgan fingerprint density at radius 2 is 2.00 bits per heavy atom. The monoisotopic (exact) mass is 323 g/mol. The summed E-state index contributed by atoms with van der Waals surface area (Å²) in [6.45, 7) is 3.62. The molecule has 0 unspecified atom stereocenters. The Balaban J connectivity index is 1.70. The normalized spacial score (nSPS) is 18.5. The van der Waals surface area contributed by atoms with Gasteiger partial charge in [0.1, 0.15) is 0 Å². The number of alkyl halides is 1. The summed E-state index contributed by atoms with van der Waals surface area (Å²) in [5.41, 5.74) is 1.51. The molecule has 0 bridgehead atoms. The maximum atomic E-state index is 3.61. The lowest BCUT2D eigenvalue weighted by atomic mass is 9.99. The van der Waals surface area contributed by atoms with E-state index in [1.165, 1.54) is 46.9 Å². The molecule has 1 aromatic carbocycles. The highest BCUT2D eigenvalue weighted by molar-refractivity contribution is 9.09. The van der Waals surface area contributed by atoms with Crippen LogP contribution in [0.5, 0.6) is 0 Å². The molecule has 3 rings (SSSR count). The van der Waals surface area contributed by atoms with Crippen LogP contribution in [0.25, 0.3) is 10.1 Å². The summed E-state index contributed by atoms with van der Waals surface area (Å²) in [7, 11) is 0. The second-order valence-electron chi connectivity index (χ2n) is 5.13. The van der Waals surface area contributed by atoms with Crippen LogP contribution in [-0.2, 0) is 6.54 Å². The van der Waals surface area contributed by atoms with E-state index < -0.39 is 0 Å². The van der Waals surface area contributed by atoms with Crippen molar-refractivity contribution < 1.29 is 0 Å². The summed E-state index contributed by atoms with van der Waals surface area (Å²) < 4.78 is 1.42. The molecule has 3 heteroatoms. The standard InChI is InChI=1S/C15H18BrNS/c16-9-12-5-7-17(8-6-12)10-13-11-18-15-4-2-1-3-14(13)15/h1-4,11-12H,5-10H2. The molecule has 2 aromatic rings. The van der Waals surface area contributed by atoms with Crippen LogP contribution in [0.15, 0.2) is 29.6 Å². The second-order valence-corrected chi connectivity index (χ2v) is 6.69. The topological polar surface area (TPSA) is 3.24 Å². The van der Waals surface area contributed by atoms with Crippen LogP contribution in [-0.4, -0.2) is 23.3 Å². The van der Waals surface area contributed by atoms with Gasteiger partial charge in [-0.2, -0.15) is 0 Å². The van der Waals surface area contributed by atoms with Crippen molar-refractivity contribution in [3.05, 3.63) is 35.2 Å². The molecule has 1 fully saturated rings. The number of fused-ring (bicyclic) bond motifs is 1. The van der Waals surface area contributed by atoms with Crippen LogP contribution < -0.4 is 0 Å². The van der Waals surface area contributed by atoms with Crippen LogP contribution in [0.2, 0.25) is 0 Å². The zero-order valence-electron chi connectivity index (χ0n) is 10.4. The number of likely N-dealkylation sites (tertiary alicyclic amines) is 1. The molecular weight excluding hydrogens is 306 g/mol. The lowest BCUT2D eigenvalue weighted by molar-refractivity contribution is 0.188. The van der Waals surface area contributed by atoms with Crippen molar-refractivity contribution in [1.29, 1.82) is 0 Å². The quantitative estimate of drug-likeness (QED) is 0.751.